The van der Waals surface area contributed by atoms with Gasteiger partial charge in [0.15, 0.2) is 9.84 Å². The Bertz CT molecular complexity index is 475. The molecular formula is C11H16N2O3S. The highest BCUT2D eigenvalue weighted by Crippen LogP contribution is 2.18. The molecule has 1 saturated heterocycles. The van der Waals surface area contributed by atoms with Crippen molar-refractivity contribution < 1.29 is 13.5 Å². The summed E-state index contributed by atoms with van der Waals surface area (Å²) in [5, 5.41) is 9.74. The van der Waals surface area contributed by atoms with Crippen molar-refractivity contribution in [3.63, 3.8) is 0 Å². The number of aliphatic hydroxyl groups is 1. The van der Waals surface area contributed by atoms with Gasteiger partial charge < -0.3 is 5.11 Å². The molecule has 0 radical (unpaired) electrons. The van der Waals surface area contributed by atoms with Gasteiger partial charge in [-0.2, -0.15) is 0 Å². The third-order valence-electron chi connectivity index (χ3n) is 3.04. The zero-order valence-electron chi connectivity index (χ0n) is 9.65. The van der Waals surface area contributed by atoms with Crippen LogP contribution in [0.4, 0.5) is 0 Å². The minimum Gasteiger partial charge on any atom is -0.390 e. The zero-order chi connectivity index (χ0) is 12.5. The summed E-state index contributed by atoms with van der Waals surface area (Å²) in [6.45, 7) is 0.611. The maximum atomic E-state index is 11.4. The van der Waals surface area contributed by atoms with E-state index in [4.69, 9.17) is 0 Å². The van der Waals surface area contributed by atoms with Crippen molar-refractivity contribution in [3.05, 3.63) is 30.1 Å². The van der Waals surface area contributed by atoms with Crippen molar-refractivity contribution in [2.75, 3.05) is 18.6 Å². The number of sulfone groups is 1. The molecule has 94 valence electrons. The summed E-state index contributed by atoms with van der Waals surface area (Å²) in [7, 11) is -1.26. The topological polar surface area (TPSA) is 70.5 Å². The second-order valence-electron chi connectivity index (χ2n) is 4.48. The fraction of sp³-hybridized carbons (Fsp3) is 0.545. The summed E-state index contributed by atoms with van der Waals surface area (Å²) < 4.78 is 22.8. The third kappa shape index (κ3) is 3.02. The smallest absolute Gasteiger partial charge is 0.154 e. The van der Waals surface area contributed by atoms with E-state index in [0.29, 0.717) is 6.54 Å². The first-order chi connectivity index (χ1) is 7.98. The summed E-state index contributed by atoms with van der Waals surface area (Å²) in [5.41, 5.74) is 1.05. The van der Waals surface area contributed by atoms with Crippen molar-refractivity contribution in [1.29, 1.82) is 0 Å². The Morgan fingerprint density at radius 3 is 2.59 bits per heavy atom. The van der Waals surface area contributed by atoms with Gasteiger partial charge in [0, 0.05) is 18.9 Å². The van der Waals surface area contributed by atoms with Gasteiger partial charge in [0.05, 0.1) is 23.7 Å². The van der Waals surface area contributed by atoms with Gasteiger partial charge in [-0.1, -0.05) is 0 Å². The maximum absolute atomic E-state index is 11.4. The van der Waals surface area contributed by atoms with Crippen LogP contribution in [0.15, 0.2) is 24.5 Å². The molecule has 2 rings (SSSR count). The Balaban J connectivity index is 2.04. The largest absolute Gasteiger partial charge is 0.390 e. The van der Waals surface area contributed by atoms with E-state index in [-0.39, 0.29) is 17.5 Å². The number of hydrogen-bond donors (Lipinski definition) is 1. The van der Waals surface area contributed by atoms with Gasteiger partial charge in [-0.25, -0.2) is 8.42 Å². The third-order valence-corrected chi connectivity index (χ3v) is 4.74. The molecule has 2 unspecified atom stereocenters. The number of nitrogens with zero attached hydrogens (tertiary/aromatic N) is 2. The van der Waals surface area contributed by atoms with Gasteiger partial charge in [0.25, 0.3) is 0 Å². The van der Waals surface area contributed by atoms with Crippen LogP contribution in [-0.4, -0.2) is 54.1 Å². The first-order valence-corrected chi connectivity index (χ1v) is 7.28. The van der Waals surface area contributed by atoms with E-state index in [1.165, 1.54) is 0 Å². The first-order valence-electron chi connectivity index (χ1n) is 5.45. The maximum Gasteiger partial charge on any atom is 0.154 e. The summed E-state index contributed by atoms with van der Waals surface area (Å²) >= 11 is 0. The Kier molecular flexibility index (Phi) is 3.46. The van der Waals surface area contributed by atoms with E-state index in [1.807, 2.05) is 24.1 Å². The highest BCUT2D eigenvalue weighted by molar-refractivity contribution is 7.91. The molecule has 0 spiro atoms. The van der Waals surface area contributed by atoms with E-state index in [1.54, 1.807) is 12.4 Å². The molecule has 0 aromatic carbocycles. The Morgan fingerprint density at radius 2 is 2.06 bits per heavy atom. The van der Waals surface area contributed by atoms with Crippen molar-refractivity contribution in [1.82, 2.24) is 9.88 Å². The Morgan fingerprint density at radius 1 is 1.41 bits per heavy atom. The molecule has 5 nitrogen and oxygen atoms in total. The molecule has 6 heteroatoms. The van der Waals surface area contributed by atoms with Crippen LogP contribution in [0.25, 0.3) is 0 Å². The van der Waals surface area contributed by atoms with Crippen LogP contribution < -0.4 is 0 Å². The average molecular weight is 256 g/mol. The fourth-order valence-electron chi connectivity index (χ4n) is 2.12. The minimum absolute atomic E-state index is 0.0375. The molecule has 0 amide bonds. The molecule has 1 N–H and O–H groups in total. The van der Waals surface area contributed by atoms with Crippen LogP contribution in [0.1, 0.15) is 5.56 Å². The normalized spacial score (nSPS) is 27.5. The lowest BCUT2D eigenvalue weighted by Crippen LogP contribution is -2.40. The molecule has 2 heterocycles. The molecule has 2 atom stereocenters. The second-order valence-corrected chi connectivity index (χ2v) is 6.64. The zero-order valence-corrected chi connectivity index (χ0v) is 10.5. The fourth-order valence-corrected chi connectivity index (χ4v) is 4.00. The molecule has 1 aromatic heterocycles. The highest BCUT2D eigenvalue weighted by atomic mass is 32.2. The second kappa shape index (κ2) is 4.72. The van der Waals surface area contributed by atoms with Crippen LogP contribution in [0, 0.1) is 0 Å². The first kappa shape index (κ1) is 12.5. The van der Waals surface area contributed by atoms with Crippen molar-refractivity contribution in [2.45, 2.75) is 18.7 Å². The molecule has 1 aliphatic rings. The standard InChI is InChI=1S/C11H16N2O3S/c1-13(6-9-2-4-12-5-3-9)10-7-17(15,16)8-11(10)14/h2-5,10-11,14H,6-8H2,1H3. The number of aromatic nitrogens is 1. The quantitative estimate of drug-likeness (QED) is 0.802. The van der Waals surface area contributed by atoms with E-state index in [9.17, 15) is 13.5 Å². The van der Waals surface area contributed by atoms with Crippen LogP contribution >= 0.6 is 0 Å². The Labute approximate surface area is 101 Å². The predicted molar refractivity (Wildman–Crippen MR) is 64.2 cm³/mol. The molecule has 1 aliphatic heterocycles. The van der Waals surface area contributed by atoms with Gasteiger partial charge >= 0.3 is 0 Å². The number of hydrogen-bond acceptors (Lipinski definition) is 5. The highest BCUT2D eigenvalue weighted by Gasteiger charge is 2.38. The molecule has 0 saturated carbocycles. The summed E-state index contributed by atoms with van der Waals surface area (Å²) in [5.74, 6) is -0.0892. The van der Waals surface area contributed by atoms with Crippen molar-refractivity contribution in [3.8, 4) is 0 Å². The lowest BCUT2D eigenvalue weighted by molar-refractivity contribution is 0.0958. The van der Waals surface area contributed by atoms with Gasteiger partial charge in [-0.05, 0) is 24.7 Å². The predicted octanol–water partition coefficient (Wildman–Crippen LogP) is -0.329. The molecule has 1 aromatic rings. The molecule has 1 fully saturated rings. The van der Waals surface area contributed by atoms with Crippen molar-refractivity contribution >= 4 is 9.84 Å². The van der Waals surface area contributed by atoms with Crippen LogP contribution in [0.2, 0.25) is 0 Å². The van der Waals surface area contributed by atoms with E-state index >= 15 is 0 Å². The summed E-state index contributed by atoms with van der Waals surface area (Å²) in [4.78, 5) is 5.80. The van der Waals surface area contributed by atoms with Gasteiger partial charge in [-0.15, -0.1) is 0 Å². The molecule has 0 bridgehead atoms. The van der Waals surface area contributed by atoms with Crippen LogP contribution in [0.5, 0.6) is 0 Å². The monoisotopic (exact) mass is 256 g/mol. The SMILES string of the molecule is CN(Cc1ccncc1)C1CS(=O)(=O)CC1O. The van der Waals surface area contributed by atoms with Crippen LogP contribution in [0.3, 0.4) is 0 Å². The number of likely N-dealkylation sites (N-methyl/N-ethyl adjacent to an activating group) is 1. The number of pyridine rings is 1. The van der Waals surface area contributed by atoms with Gasteiger partial charge in [0.1, 0.15) is 0 Å². The van der Waals surface area contributed by atoms with E-state index in [0.717, 1.165) is 5.56 Å². The van der Waals surface area contributed by atoms with Crippen molar-refractivity contribution in [2.24, 2.45) is 0 Å². The number of aliphatic hydroxyl groups excluding tert-OH is 1. The van der Waals surface area contributed by atoms with E-state index < -0.39 is 15.9 Å². The summed E-state index contributed by atoms with van der Waals surface area (Å²) in [6, 6.07) is 3.45. The van der Waals surface area contributed by atoms with Gasteiger partial charge in [-0.3, -0.25) is 9.88 Å². The van der Waals surface area contributed by atoms with Gasteiger partial charge in [0.2, 0.25) is 0 Å². The van der Waals surface area contributed by atoms with E-state index in [2.05, 4.69) is 4.98 Å². The average Bonchev–Trinajstić information content (AvgIpc) is 2.54. The molecule has 0 aliphatic carbocycles. The Hall–Kier alpha value is -0.980. The van der Waals surface area contributed by atoms with Crippen LogP contribution in [-0.2, 0) is 16.4 Å². The molecule has 17 heavy (non-hydrogen) atoms. The minimum atomic E-state index is -3.09. The summed E-state index contributed by atoms with van der Waals surface area (Å²) in [6.07, 6.45) is 2.61. The molecular weight excluding hydrogens is 240 g/mol. The lowest BCUT2D eigenvalue weighted by Gasteiger charge is -2.25. The number of rotatable bonds is 3. The lowest BCUT2D eigenvalue weighted by atomic mass is 10.1.